The molecule has 120 valence electrons. The molecule has 1 aromatic carbocycles. The summed E-state index contributed by atoms with van der Waals surface area (Å²) in [5, 5.41) is 13.9. The monoisotopic (exact) mass is 296 g/mol. The minimum atomic E-state index is -0.865. The Labute approximate surface area is 127 Å². The molecule has 0 aliphatic carbocycles. The lowest BCUT2D eigenvalue weighted by atomic mass is 10.0. The van der Waals surface area contributed by atoms with Crippen molar-refractivity contribution in [2.24, 2.45) is 0 Å². The summed E-state index contributed by atoms with van der Waals surface area (Å²) in [7, 11) is 1.54. The zero-order valence-electron chi connectivity index (χ0n) is 14.1. The van der Waals surface area contributed by atoms with Gasteiger partial charge in [-0.1, -0.05) is 39.8 Å². The Morgan fingerprint density at radius 1 is 1.05 bits per heavy atom. The van der Waals surface area contributed by atoms with Crippen molar-refractivity contribution >= 4 is 17.7 Å². The molecular weight excluding hydrogens is 268 g/mol. The number of hydrogen-bond donors (Lipinski definition) is 3. The van der Waals surface area contributed by atoms with Gasteiger partial charge in [0, 0.05) is 12.7 Å². The van der Waals surface area contributed by atoms with E-state index in [-0.39, 0.29) is 12.5 Å². The van der Waals surface area contributed by atoms with E-state index in [1.54, 1.807) is 19.2 Å². The van der Waals surface area contributed by atoms with Gasteiger partial charge < -0.3 is 15.7 Å². The van der Waals surface area contributed by atoms with E-state index in [1.807, 2.05) is 41.5 Å². The van der Waals surface area contributed by atoms with Crippen molar-refractivity contribution in [3.05, 3.63) is 28.8 Å². The number of aryl methyl sites for hydroxylation is 2. The summed E-state index contributed by atoms with van der Waals surface area (Å²) in [6.07, 6.45) is -0.0120. The van der Waals surface area contributed by atoms with E-state index in [9.17, 15) is 9.59 Å². The quantitative estimate of drug-likeness (QED) is 0.795. The Hall–Kier alpha value is -2.04. The smallest absolute Gasteiger partial charge is 0.318 e. The third-order valence-electron chi connectivity index (χ3n) is 2.41. The van der Waals surface area contributed by atoms with E-state index < -0.39 is 5.97 Å². The maximum absolute atomic E-state index is 11.2. The number of carbonyl (C=O) groups excluding carboxylic acids is 1. The fourth-order valence-corrected chi connectivity index (χ4v) is 1.70. The first-order valence-corrected chi connectivity index (χ1v) is 7.24. The van der Waals surface area contributed by atoms with Gasteiger partial charge in [-0.3, -0.25) is 4.79 Å². The van der Waals surface area contributed by atoms with Gasteiger partial charge in [-0.15, -0.1) is 0 Å². The lowest BCUT2D eigenvalue weighted by Gasteiger charge is -2.13. The van der Waals surface area contributed by atoms with Crippen LogP contribution in [0, 0.1) is 13.8 Å². The van der Waals surface area contributed by atoms with Crippen LogP contribution in [0.4, 0.5) is 10.5 Å². The van der Waals surface area contributed by atoms with E-state index in [0.717, 1.165) is 22.4 Å². The number of carboxylic acid groups (broad SMARTS) is 1. The van der Waals surface area contributed by atoms with Crippen LogP contribution in [0.2, 0.25) is 0 Å². The molecule has 0 aliphatic heterocycles. The molecule has 0 unspecified atom stereocenters. The maximum Gasteiger partial charge on any atom is 0.318 e. The van der Waals surface area contributed by atoms with Crippen LogP contribution in [-0.4, -0.2) is 24.2 Å². The first-order chi connectivity index (χ1) is 9.93. The molecule has 5 heteroatoms. The number of anilines is 1. The minimum Gasteiger partial charge on any atom is -0.481 e. The Bertz CT molecular complexity index is 434. The standard InChI is InChI=1S/C12H16N2O3.2C2H6/c1-7-4-9(6-10(15)16)5-8(2)11(7)14-12(17)13-3;2*1-2/h4-5H,6H2,1-3H3,(H,15,16)(H2,13,14,17);2*1-2H3. The normalized spacial score (nSPS) is 8.52. The van der Waals surface area contributed by atoms with Gasteiger partial charge in [0.1, 0.15) is 0 Å². The molecule has 0 saturated heterocycles. The lowest BCUT2D eigenvalue weighted by molar-refractivity contribution is -0.136. The van der Waals surface area contributed by atoms with E-state index in [2.05, 4.69) is 10.6 Å². The lowest BCUT2D eigenvalue weighted by Crippen LogP contribution is -2.25. The molecule has 1 rings (SSSR count). The van der Waals surface area contributed by atoms with Gasteiger partial charge in [0.25, 0.3) is 0 Å². The second-order valence-corrected chi connectivity index (χ2v) is 3.88. The summed E-state index contributed by atoms with van der Waals surface area (Å²) < 4.78 is 0. The summed E-state index contributed by atoms with van der Waals surface area (Å²) in [6.45, 7) is 11.7. The van der Waals surface area contributed by atoms with Crippen LogP contribution < -0.4 is 10.6 Å². The molecule has 1 aromatic rings. The summed E-state index contributed by atoms with van der Waals surface area (Å²) >= 11 is 0. The number of benzene rings is 1. The Morgan fingerprint density at radius 2 is 1.48 bits per heavy atom. The molecule has 0 spiro atoms. The number of hydrogen-bond acceptors (Lipinski definition) is 2. The number of nitrogens with one attached hydrogen (secondary N) is 2. The van der Waals surface area contributed by atoms with Crippen LogP contribution in [0.1, 0.15) is 44.4 Å². The van der Waals surface area contributed by atoms with Gasteiger partial charge in [0.15, 0.2) is 0 Å². The number of carbonyl (C=O) groups is 2. The molecule has 0 aromatic heterocycles. The fourth-order valence-electron chi connectivity index (χ4n) is 1.70. The van der Waals surface area contributed by atoms with Crippen LogP contribution in [0.3, 0.4) is 0 Å². The number of urea groups is 1. The molecule has 0 saturated carbocycles. The highest BCUT2D eigenvalue weighted by molar-refractivity contribution is 5.91. The first-order valence-electron chi connectivity index (χ1n) is 7.24. The van der Waals surface area contributed by atoms with Gasteiger partial charge >= 0.3 is 12.0 Å². The third kappa shape index (κ3) is 7.97. The summed E-state index contributed by atoms with van der Waals surface area (Å²) in [5.41, 5.74) is 3.16. The summed E-state index contributed by atoms with van der Waals surface area (Å²) in [4.78, 5) is 21.9. The number of carboxylic acids is 1. The number of amides is 2. The molecule has 0 bridgehead atoms. The topological polar surface area (TPSA) is 78.4 Å². The molecule has 21 heavy (non-hydrogen) atoms. The van der Waals surface area contributed by atoms with Crippen molar-refractivity contribution in [3.8, 4) is 0 Å². The van der Waals surface area contributed by atoms with Crippen molar-refractivity contribution in [1.29, 1.82) is 0 Å². The second-order valence-electron chi connectivity index (χ2n) is 3.88. The Balaban J connectivity index is 0. The van der Waals surface area contributed by atoms with Gasteiger partial charge in [-0.2, -0.15) is 0 Å². The van der Waals surface area contributed by atoms with Crippen LogP contribution in [-0.2, 0) is 11.2 Å². The predicted octanol–water partition coefficient (Wildman–Crippen LogP) is 3.73. The molecule has 3 N–H and O–H groups in total. The van der Waals surface area contributed by atoms with E-state index in [0.29, 0.717) is 0 Å². The highest BCUT2D eigenvalue weighted by Gasteiger charge is 2.09. The highest BCUT2D eigenvalue weighted by atomic mass is 16.4. The molecule has 2 amide bonds. The number of aliphatic carboxylic acids is 1. The van der Waals surface area contributed by atoms with Crippen LogP contribution in [0.25, 0.3) is 0 Å². The van der Waals surface area contributed by atoms with Gasteiger partial charge in [0.2, 0.25) is 0 Å². The van der Waals surface area contributed by atoms with E-state index >= 15 is 0 Å². The fraction of sp³-hybridized carbons (Fsp3) is 0.500. The zero-order chi connectivity index (χ0) is 17.0. The van der Waals surface area contributed by atoms with Crippen molar-refractivity contribution in [3.63, 3.8) is 0 Å². The second kappa shape index (κ2) is 11.8. The Kier molecular flexibility index (Phi) is 11.9. The van der Waals surface area contributed by atoms with E-state index in [4.69, 9.17) is 5.11 Å². The van der Waals surface area contributed by atoms with Crippen molar-refractivity contribution in [2.45, 2.75) is 48.0 Å². The molecule has 0 fully saturated rings. The van der Waals surface area contributed by atoms with Gasteiger partial charge in [-0.25, -0.2) is 4.79 Å². The van der Waals surface area contributed by atoms with Crippen molar-refractivity contribution in [2.75, 3.05) is 12.4 Å². The molecule has 0 aliphatic rings. The molecule has 0 radical (unpaired) electrons. The summed E-state index contributed by atoms with van der Waals surface area (Å²) in [5.74, 6) is -0.865. The molecule has 0 heterocycles. The summed E-state index contributed by atoms with van der Waals surface area (Å²) in [6, 6.07) is 3.25. The Morgan fingerprint density at radius 3 is 1.81 bits per heavy atom. The minimum absolute atomic E-state index is 0.0120. The van der Waals surface area contributed by atoms with Crippen LogP contribution >= 0.6 is 0 Å². The maximum atomic E-state index is 11.2. The molecular formula is C16H28N2O3. The van der Waals surface area contributed by atoms with Crippen molar-refractivity contribution in [1.82, 2.24) is 5.32 Å². The predicted molar refractivity (Wildman–Crippen MR) is 88.0 cm³/mol. The number of rotatable bonds is 3. The average Bonchev–Trinajstić information content (AvgIpc) is 2.46. The van der Waals surface area contributed by atoms with Gasteiger partial charge in [-0.05, 0) is 30.5 Å². The first kappa shape index (κ1) is 21.3. The van der Waals surface area contributed by atoms with Crippen LogP contribution in [0.15, 0.2) is 12.1 Å². The van der Waals surface area contributed by atoms with Gasteiger partial charge in [0.05, 0.1) is 6.42 Å². The van der Waals surface area contributed by atoms with Crippen LogP contribution in [0.5, 0.6) is 0 Å². The average molecular weight is 296 g/mol. The van der Waals surface area contributed by atoms with E-state index in [1.165, 1.54) is 0 Å². The SMILES string of the molecule is CC.CC.CNC(=O)Nc1c(C)cc(CC(=O)O)cc1C. The molecule has 5 nitrogen and oxygen atoms in total. The largest absolute Gasteiger partial charge is 0.481 e. The highest BCUT2D eigenvalue weighted by Crippen LogP contribution is 2.22. The van der Waals surface area contributed by atoms with Crippen molar-refractivity contribution < 1.29 is 14.7 Å². The third-order valence-corrected chi connectivity index (χ3v) is 2.41. The molecule has 0 atom stereocenters. The zero-order valence-corrected chi connectivity index (χ0v) is 14.1.